The van der Waals surface area contributed by atoms with Crippen LogP contribution in [0.4, 0.5) is 11.4 Å². The summed E-state index contributed by atoms with van der Waals surface area (Å²) < 4.78 is 28.9. The Morgan fingerprint density at radius 1 is 0.800 bits per heavy atom. The quantitative estimate of drug-likeness (QED) is 0.439. The molecule has 0 aromatic heterocycles. The van der Waals surface area contributed by atoms with E-state index in [-0.39, 0.29) is 16.4 Å². The molecule has 0 spiro atoms. The molecule has 0 saturated carbocycles. The summed E-state index contributed by atoms with van der Waals surface area (Å²) in [6.45, 7) is 11.1. The van der Waals surface area contributed by atoms with E-state index in [0.717, 1.165) is 11.1 Å². The summed E-state index contributed by atoms with van der Waals surface area (Å²) in [6.07, 6.45) is 0. The van der Waals surface area contributed by atoms with Crippen molar-refractivity contribution in [1.29, 1.82) is 0 Å². The summed E-state index contributed by atoms with van der Waals surface area (Å²) in [6, 6.07) is 16.6. The molecular weight excluding hydrogens is 462 g/mol. The lowest BCUT2D eigenvalue weighted by Gasteiger charge is -2.21. The van der Waals surface area contributed by atoms with Gasteiger partial charge in [0.05, 0.1) is 16.1 Å². The van der Waals surface area contributed by atoms with Crippen LogP contribution in [0.1, 0.15) is 58.2 Å². The average Bonchev–Trinajstić information content (AvgIpc) is 2.71. The monoisotopic (exact) mass is 493 g/mol. The van der Waals surface area contributed by atoms with Gasteiger partial charge in [0, 0.05) is 16.8 Å². The van der Waals surface area contributed by atoms with Gasteiger partial charge in [0.1, 0.15) is 0 Å². The van der Waals surface area contributed by atoms with E-state index in [1.807, 2.05) is 40.7 Å². The second-order valence-corrected chi connectivity index (χ2v) is 11.3. The zero-order valence-corrected chi connectivity index (χ0v) is 21.6. The van der Waals surface area contributed by atoms with Crippen molar-refractivity contribution >= 4 is 33.2 Å². The molecule has 0 saturated heterocycles. The number of carbonyl (C=O) groups is 2. The molecule has 0 atom stereocenters. The van der Waals surface area contributed by atoms with Gasteiger partial charge in [-0.25, -0.2) is 8.42 Å². The predicted octanol–water partition coefficient (Wildman–Crippen LogP) is 5.19. The van der Waals surface area contributed by atoms with Gasteiger partial charge in [-0.3, -0.25) is 14.3 Å². The number of hydrogen-bond donors (Lipinski definition) is 3. The molecular formula is C27H31N3O4S. The van der Waals surface area contributed by atoms with Crippen molar-refractivity contribution in [3.63, 3.8) is 0 Å². The minimum atomic E-state index is -3.94. The van der Waals surface area contributed by atoms with E-state index in [0.29, 0.717) is 22.5 Å². The van der Waals surface area contributed by atoms with Crippen molar-refractivity contribution in [3.8, 4) is 0 Å². The van der Waals surface area contributed by atoms with Gasteiger partial charge in [-0.05, 0) is 94.6 Å². The number of rotatable bonds is 6. The van der Waals surface area contributed by atoms with Gasteiger partial charge < -0.3 is 10.6 Å². The zero-order chi connectivity index (χ0) is 26.0. The zero-order valence-electron chi connectivity index (χ0n) is 20.8. The highest BCUT2D eigenvalue weighted by Crippen LogP contribution is 2.24. The molecule has 3 aromatic rings. The third kappa shape index (κ3) is 6.70. The molecule has 0 fully saturated rings. The maximum absolute atomic E-state index is 13.2. The summed E-state index contributed by atoms with van der Waals surface area (Å²) in [7, 11) is -3.94. The lowest BCUT2D eigenvalue weighted by atomic mass is 10.1. The topological polar surface area (TPSA) is 104 Å². The highest BCUT2D eigenvalue weighted by molar-refractivity contribution is 7.92. The molecule has 3 rings (SSSR count). The lowest BCUT2D eigenvalue weighted by molar-refractivity contribution is 0.0920. The first-order valence-corrected chi connectivity index (χ1v) is 12.7. The molecule has 7 nitrogen and oxygen atoms in total. The number of aryl methyl sites for hydroxylation is 3. The highest BCUT2D eigenvalue weighted by Gasteiger charge is 2.22. The first-order valence-electron chi connectivity index (χ1n) is 11.2. The van der Waals surface area contributed by atoms with Gasteiger partial charge in [-0.15, -0.1) is 0 Å². The largest absolute Gasteiger partial charge is 0.347 e. The number of nitrogens with one attached hydrogen (secondary N) is 3. The maximum atomic E-state index is 13.2. The van der Waals surface area contributed by atoms with Crippen molar-refractivity contribution < 1.29 is 18.0 Å². The van der Waals surface area contributed by atoms with Crippen molar-refractivity contribution in [3.05, 3.63) is 88.5 Å². The van der Waals surface area contributed by atoms with Crippen molar-refractivity contribution in [2.24, 2.45) is 0 Å². The van der Waals surface area contributed by atoms with Crippen LogP contribution in [-0.4, -0.2) is 25.8 Å². The Balaban J connectivity index is 1.89. The van der Waals surface area contributed by atoms with Crippen LogP contribution in [0.3, 0.4) is 0 Å². The van der Waals surface area contributed by atoms with Gasteiger partial charge in [-0.2, -0.15) is 0 Å². The van der Waals surface area contributed by atoms with E-state index in [4.69, 9.17) is 0 Å². The molecule has 35 heavy (non-hydrogen) atoms. The minimum absolute atomic E-state index is 0.00284. The van der Waals surface area contributed by atoms with Crippen LogP contribution in [0, 0.1) is 20.8 Å². The molecule has 3 aromatic carbocycles. The van der Waals surface area contributed by atoms with Crippen molar-refractivity contribution in [1.82, 2.24) is 5.32 Å². The summed E-state index contributed by atoms with van der Waals surface area (Å²) in [5.41, 5.74) is 3.17. The van der Waals surface area contributed by atoms with Gasteiger partial charge >= 0.3 is 0 Å². The molecule has 0 radical (unpaired) electrons. The number of para-hydroxylation sites is 1. The van der Waals surface area contributed by atoms with Gasteiger partial charge in [0.25, 0.3) is 21.8 Å². The Hall–Kier alpha value is -3.65. The molecule has 0 aliphatic rings. The number of benzene rings is 3. The molecule has 0 aliphatic carbocycles. The first kappa shape index (κ1) is 26.0. The normalized spacial score (nSPS) is 11.6. The maximum Gasteiger partial charge on any atom is 0.262 e. The van der Waals surface area contributed by atoms with E-state index in [9.17, 15) is 18.0 Å². The fourth-order valence-electron chi connectivity index (χ4n) is 3.67. The summed E-state index contributed by atoms with van der Waals surface area (Å²) in [5.74, 6) is -0.845. The third-order valence-electron chi connectivity index (χ3n) is 5.12. The second-order valence-electron chi connectivity index (χ2n) is 9.67. The summed E-state index contributed by atoms with van der Waals surface area (Å²) in [5, 5.41) is 5.62. The Kier molecular flexibility index (Phi) is 7.36. The van der Waals surface area contributed by atoms with Gasteiger partial charge in [0.15, 0.2) is 0 Å². The number of hydrogen-bond acceptors (Lipinski definition) is 4. The Morgan fingerprint density at radius 3 is 2.06 bits per heavy atom. The highest BCUT2D eigenvalue weighted by atomic mass is 32.2. The van der Waals surface area contributed by atoms with Crippen molar-refractivity contribution in [2.45, 2.75) is 52.0 Å². The van der Waals surface area contributed by atoms with Crippen LogP contribution >= 0.6 is 0 Å². The standard InChI is InChI=1S/C27H31N3O4S/c1-17-13-18(2)15-21(14-17)30-35(33,34)24-16-20(12-11-19(24)3)25(31)28-23-10-8-7-9-22(23)26(32)29-27(4,5)6/h7-16,30H,1-6H3,(H,28,31)(H,29,32). The van der Waals surface area contributed by atoms with E-state index < -0.39 is 21.5 Å². The van der Waals surface area contributed by atoms with Crippen molar-refractivity contribution in [2.75, 3.05) is 10.0 Å². The summed E-state index contributed by atoms with van der Waals surface area (Å²) >= 11 is 0. The average molecular weight is 494 g/mol. The molecule has 8 heteroatoms. The Morgan fingerprint density at radius 2 is 1.43 bits per heavy atom. The van der Waals surface area contributed by atoms with Crippen LogP contribution in [0.25, 0.3) is 0 Å². The minimum Gasteiger partial charge on any atom is -0.347 e. The molecule has 0 bridgehead atoms. The summed E-state index contributed by atoms with van der Waals surface area (Å²) in [4.78, 5) is 25.8. The van der Waals surface area contributed by atoms with Crippen LogP contribution in [0.15, 0.2) is 65.6 Å². The van der Waals surface area contributed by atoms with Crippen LogP contribution in [-0.2, 0) is 10.0 Å². The molecule has 2 amide bonds. The number of sulfonamides is 1. The van der Waals surface area contributed by atoms with Crippen LogP contribution in [0.2, 0.25) is 0 Å². The van der Waals surface area contributed by atoms with E-state index in [1.54, 1.807) is 55.5 Å². The number of amides is 2. The fraction of sp³-hybridized carbons (Fsp3) is 0.259. The molecule has 0 aliphatic heterocycles. The lowest BCUT2D eigenvalue weighted by Crippen LogP contribution is -2.40. The van der Waals surface area contributed by atoms with Gasteiger partial charge in [-0.1, -0.05) is 24.3 Å². The third-order valence-corrected chi connectivity index (χ3v) is 6.65. The molecule has 3 N–H and O–H groups in total. The van der Waals surface area contributed by atoms with Crippen LogP contribution < -0.4 is 15.4 Å². The van der Waals surface area contributed by atoms with E-state index >= 15 is 0 Å². The smallest absolute Gasteiger partial charge is 0.262 e. The van der Waals surface area contributed by atoms with Crippen LogP contribution in [0.5, 0.6) is 0 Å². The molecule has 184 valence electrons. The second kappa shape index (κ2) is 9.92. The van der Waals surface area contributed by atoms with E-state index in [2.05, 4.69) is 15.4 Å². The number of anilines is 2. The van der Waals surface area contributed by atoms with E-state index in [1.165, 1.54) is 6.07 Å². The Labute approximate surface area is 207 Å². The number of carbonyl (C=O) groups excluding carboxylic acids is 2. The molecule has 0 heterocycles. The first-order chi connectivity index (χ1) is 16.2. The SMILES string of the molecule is Cc1cc(C)cc(NS(=O)(=O)c2cc(C(=O)Nc3ccccc3C(=O)NC(C)(C)C)ccc2C)c1. The molecule has 0 unspecified atom stereocenters. The van der Waals surface area contributed by atoms with Gasteiger partial charge in [0.2, 0.25) is 0 Å². The predicted molar refractivity (Wildman–Crippen MR) is 140 cm³/mol. The Bertz CT molecular complexity index is 1370. The fourth-order valence-corrected chi connectivity index (χ4v) is 4.98.